The molecule has 7 heteroatoms. The lowest BCUT2D eigenvalue weighted by Gasteiger charge is -2.12. The highest BCUT2D eigenvalue weighted by atomic mass is 79.9. The van der Waals surface area contributed by atoms with E-state index in [-0.39, 0.29) is 0 Å². The van der Waals surface area contributed by atoms with Crippen LogP contribution < -0.4 is 9.47 Å². The molecular formula is C13H11BrCl2N2O2. The molecule has 1 aromatic carbocycles. The first-order valence-corrected chi connectivity index (χ1v) is 7.15. The standard InChI is InChI=1S/C13H11BrCl2N2O2/c1-6-9(14)12(16)18-13(17-6)7-4-5-8(19-2)11(20-3)10(7)15/h4-5H,1-3H3. The van der Waals surface area contributed by atoms with E-state index in [2.05, 4.69) is 25.9 Å². The predicted molar refractivity (Wildman–Crippen MR) is 83.0 cm³/mol. The summed E-state index contributed by atoms with van der Waals surface area (Å²) in [4.78, 5) is 8.59. The van der Waals surface area contributed by atoms with Gasteiger partial charge in [0.1, 0.15) is 5.15 Å². The smallest absolute Gasteiger partial charge is 0.180 e. The van der Waals surface area contributed by atoms with Crippen LogP contribution in [0, 0.1) is 6.92 Å². The molecule has 2 rings (SSSR count). The Balaban J connectivity index is 2.65. The quantitative estimate of drug-likeness (QED) is 0.736. The highest BCUT2D eigenvalue weighted by Crippen LogP contribution is 2.41. The number of hydrogen-bond donors (Lipinski definition) is 0. The molecule has 20 heavy (non-hydrogen) atoms. The molecular weight excluding hydrogens is 367 g/mol. The Kier molecular flexibility index (Phi) is 4.73. The number of halogens is 3. The Morgan fingerprint density at radius 3 is 2.35 bits per heavy atom. The van der Waals surface area contributed by atoms with Gasteiger partial charge in [0, 0.05) is 5.56 Å². The van der Waals surface area contributed by atoms with E-state index in [0.29, 0.717) is 37.5 Å². The lowest BCUT2D eigenvalue weighted by Crippen LogP contribution is -1.97. The molecule has 1 aromatic heterocycles. The Labute approximate surface area is 135 Å². The van der Waals surface area contributed by atoms with E-state index in [9.17, 15) is 0 Å². The lowest BCUT2D eigenvalue weighted by atomic mass is 10.2. The van der Waals surface area contributed by atoms with E-state index >= 15 is 0 Å². The molecule has 0 radical (unpaired) electrons. The number of aromatic nitrogens is 2. The molecule has 106 valence electrons. The molecule has 0 fully saturated rings. The molecule has 0 bridgehead atoms. The van der Waals surface area contributed by atoms with Gasteiger partial charge < -0.3 is 9.47 Å². The van der Waals surface area contributed by atoms with Gasteiger partial charge in [-0.15, -0.1) is 0 Å². The Morgan fingerprint density at radius 1 is 1.10 bits per heavy atom. The minimum absolute atomic E-state index is 0.332. The van der Waals surface area contributed by atoms with Gasteiger partial charge in [-0.3, -0.25) is 0 Å². The van der Waals surface area contributed by atoms with Crippen LogP contribution in [-0.4, -0.2) is 24.2 Å². The third-order valence-corrected chi connectivity index (χ3v) is 4.53. The summed E-state index contributed by atoms with van der Waals surface area (Å²) < 4.78 is 11.1. The largest absolute Gasteiger partial charge is 0.493 e. The van der Waals surface area contributed by atoms with Gasteiger partial charge in [0.25, 0.3) is 0 Å². The normalized spacial score (nSPS) is 10.5. The van der Waals surface area contributed by atoms with Crippen molar-refractivity contribution < 1.29 is 9.47 Å². The highest BCUT2D eigenvalue weighted by Gasteiger charge is 2.17. The summed E-state index contributed by atoms with van der Waals surface area (Å²) in [6.45, 7) is 1.83. The van der Waals surface area contributed by atoms with Crippen LogP contribution in [-0.2, 0) is 0 Å². The molecule has 0 aliphatic heterocycles. The molecule has 1 heterocycles. The molecule has 4 nitrogen and oxygen atoms in total. The second-order valence-electron chi connectivity index (χ2n) is 3.90. The van der Waals surface area contributed by atoms with Crippen LogP contribution in [0.25, 0.3) is 11.4 Å². The van der Waals surface area contributed by atoms with E-state index in [1.165, 1.54) is 7.11 Å². The molecule has 0 saturated carbocycles. The maximum absolute atomic E-state index is 6.33. The number of nitrogens with zero attached hydrogens (tertiary/aromatic N) is 2. The monoisotopic (exact) mass is 376 g/mol. The maximum atomic E-state index is 6.33. The van der Waals surface area contributed by atoms with E-state index in [1.807, 2.05) is 6.92 Å². The van der Waals surface area contributed by atoms with Gasteiger partial charge in [0.2, 0.25) is 0 Å². The van der Waals surface area contributed by atoms with Crippen molar-refractivity contribution in [1.29, 1.82) is 0 Å². The van der Waals surface area contributed by atoms with Crippen LogP contribution in [0.2, 0.25) is 10.2 Å². The summed E-state index contributed by atoms with van der Waals surface area (Å²) in [5.41, 5.74) is 1.35. The number of methoxy groups -OCH3 is 2. The van der Waals surface area contributed by atoms with Crippen molar-refractivity contribution in [2.75, 3.05) is 14.2 Å². The molecule has 2 aromatic rings. The van der Waals surface area contributed by atoms with Gasteiger partial charge >= 0.3 is 0 Å². The van der Waals surface area contributed by atoms with Crippen molar-refractivity contribution >= 4 is 39.1 Å². The fraction of sp³-hybridized carbons (Fsp3) is 0.231. The zero-order valence-corrected chi connectivity index (χ0v) is 14.1. The zero-order chi connectivity index (χ0) is 14.9. The summed E-state index contributed by atoms with van der Waals surface area (Å²) in [6, 6.07) is 3.51. The predicted octanol–water partition coefficient (Wildman–Crippen LogP) is 4.54. The number of rotatable bonds is 3. The summed E-state index contributed by atoms with van der Waals surface area (Å²) in [5.74, 6) is 1.41. The number of benzene rings is 1. The van der Waals surface area contributed by atoms with E-state index in [4.69, 9.17) is 32.7 Å². The van der Waals surface area contributed by atoms with Crippen LogP contribution in [0.5, 0.6) is 11.5 Å². The van der Waals surface area contributed by atoms with E-state index < -0.39 is 0 Å². The van der Waals surface area contributed by atoms with Gasteiger partial charge in [0.05, 0.1) is 29.4 Å². The number of aryl methyl sites for hydroxylation is 1. The number of ether oxygens (including phenoxy) is 2. The molecule has 0 aliphatic rings. The molecule has 0 spiro atoms. The van der Waals surface area contributed by atoms with Gasteiger partial charge in [0.15, 0.2) is 17.3 Å². The van der Waals surface area contributed by atoms with Crippen LogP contribution >= 0.6 is 39.1 Å². The van der Waals surface area contributed by atoms with Gasteiger partial charge in [-0.2, -0.15) is 0 Å². The lowest BCUT2D eigenvalue weighted by molar-refractivity contribution is 0.355. The highest BCUT2D eigenvalue weighted by molar-refractivity contribution is 9.10. The van der Waals surface area contributed by atoms with Crippen molar-refractivity contribution in [3.05, 3.63) is 32.5 Å². The molecule has 0 unspecified atom stereocenters. The Hall–Kier alpha value is -1.04. The summed E-state index contributed by atoms with van der Waals surface area (Å²) in [6.07, 6.45) is 0. The first-order valence-electron chi connectivity index (χ1n) is 5.60. The van der Waals surface area contributed by atoms with Crippen LogP contribution in [0.1, 0.15) is 5.69 Å². The fourth-order valence-electron chi connectivity index (χ4n) is 1.71. The van der Waals surface area contributed by atoms with Crippen molar-refractivity contribution in [2.45, 2.75) is 6.92 Å². The minimum atomic E-state index is 0.332. The van der Waals surface area contributed by atoms with Crippen molar-refractivity contribution in [1.82, 2.24) is 9.97 Å². The third-order valence-electron chi connectivity index (χ3n) is 2.70. The summed E-state index contributed by atoms with van der Waals surface area (Å²) in [7, 11) is 3.07. The summed E-state index contributed by atoms with van der Waals surface area (Å²) >= 11 is 15.7. The first kappa shape index (κ1) is 15.4. The van der Waals surface area contributed by atoms with Crippen molar-refractivity contribution in [3.8, 4) is 22.9 Å². The molecule has 0 atom stereocenters. The SMILES string of the molecule is COc1ccc(-c2nc(C)c(Br)c(Cl)n2)c(Cl)c1OC. The molecule has 0 aliphatic carbocycles. The molecule has 0 amide bonds. The Bertz CT molecular complexity index is 642. The summed E-state index contributed by atoms with van der Waals surface area (Å²) in [5, 5.41) is 0.711. The van der Waals surface area contributed by atoms with Crippen molar-refractivity contribution in [3.63, 3.8) is 0 Å². The number of hydrogen-bond acceptors (Lipinski definition) is 4. The van der Waals surface area contributed by atoms with Gasteiger partial charge in [-0.05, 0) is 35.0 Å². The van der Waals surface area contributed by atoms with Gasteiger partial charge in [-0.1, -0.05) is 23.2 Å². The second kappa shape index (κ2) is 6.16. The third kappa shape index (κ3) is 2.71. The zero-order valence-electron chi connectivity index (χ0n) is 11.0. The van der Waals surface area contributed by atoms with E-state index in [1.54, 1.807) is 19.2 Å². The fourth-order valence-corrected chi connectivity index (χ4v) is 2.42. The van der Waals surface area contributed by atoms with E-state index in [0.717, 1.165) is 5.69 Å². The van der Waals surface area contributed by atoms with Crippen LogP contribution in [0.4, 0.5) is 0 Å². The first-order chi connectivity index (χ1) is 9.49. The second-order valence-corrected chi connectivity index (χ2v) is 5.43. The topological polar surface area (TPSA) is 44.2 Å². The minimum Gasteiger partial charge on any atom is -0.493 e. The maximum Gasteiger partial charge on any atom is 0.180 e. The van der Waals surface area contributed by atoms with Gasteiger partial charge in [-0.25, -0.2) is 9.97 Å². The molecule has 0 saturated heterocycles. The average Bonchev–Trinajstić information content (AvgIpc) is 2.43. The van der Waals surface area contributed by atoms with Crippen LogP contribution in [0.3, 0.4) is 0 Å². The van der Waals surface area contributed by atoms with Crippen LogP contribution in [0.15, 0.2) is 16.6 Å². The molecule has 0 N–H and O–H groups in total. The Morgan fingerprint density at radius 2 is 1.80 bits per heavy atom. The van der Waals surface area contributed by atoms with Crippen molar-refractivity contribution in [2.24, 2.45) is 0 Å². The average molecular weight is 378 g/mol.